The highest BCUT2D eigenvalue weighted by atomic mass is 16.5. The Morgan fingerprint density at radius 2 is 1.75 bits per heavy atom. The van der Waals surface area contributed by atoms with Crippen LogP contribution < -0.4 is 15.2 Å². The predicted octanol–water partition coefficient (Wildman–Crippen LogP) is 2.77. The molecule has 2 aromatic rings. The highest BCUT2D eigenvalue weighted by Gasteiger charge is 2.35. The van der Waals surface area contributed by atoms with E-state index in [4.69, 9.17) is 4.74 Å². The Morgan fingerprint density at radius 1 is 1.04 bits per heavy atom. The molecule has 0 aliphatic carbocycles. The SMILES string of the molecule is COc1ccc(/C=C2\C(=O)NN(c3ccc(C)cc3C)C2=O)cc1. The van der Waals surface area contributed by atoms with Crippen molar-refractivity contribution < 1.29 is 14.3 Å². The maximum Gasteiger partial charge on any atom is 0.282 e. The smallest absolute Gasteiger partial charge is 0.282 e. The topological polar surface area (TPSA) is 58.6 Å². The van der Waals surface area contributed by atoms with Crippen LogP contribution in [-0.4, -0.2) is 18.9 Å². The molecule has 0 radical (unpaired) electrons. The number of amides is 2. The van der Waals surface area contributed by atoms with E-state index in [1.807, 2.05) is 32.0 Å². The van der Waals surface area contributed by atoms with Gasteiger partial charge < -0.3 is 4.74 Å². The number of ether oxygens (including phenoxy) is 1. The zero-order valence-corrected chi connectivity index (χ0v) is 13.8. The number of methoxy groups -OCH3 is 1. The Labute approximate surface area is 140 Å². The molecule has 0 saturated carbocycles. The van der Waals surface area contributed by atoms with E-state index in [-0.39, 0.29) is 11.5 Å². The summed E-state index contributed by atoms with van der Waals surface area (Å²) in [4.78, 5) is 24.8. The molecule has 1 aliphatic rings. The minimum atomic E-state index is -0.407. The normalized spacial score (nSPS) is 15.8. The Bertz CT molecular complexity index is 838. The molecule has 3 rings (SSSR count). The van der Waals surface area contributed by atoms with Gasteiger partial charge >= 0.3 is 0 Å². The molecule has 0 spiro atoms. The van der Waals surface area contributed by atoms with Gasteiger partial charge in [0.2, 0.25) is 0 Å². The number of anilines is 1. The summed E-state index contributed by atoms with van der Waals surface area (Å²) in [6.45, 7) is 3.89. The third kappa shape index (κ3) is 2.88. The van der Waals surface area contributed by atoms with Gasteiger partial charge in [0.15, 0.2) is 0 Å². The second-order valence-corrected chi connectivity index (χ2v) is 5.70. The van der Waals surface area contributed by atoms with Crippen LogP contribution in [-0.2, 0) is 9.59 Å². The number of nitrogens with one attached hydrogen (secondary N) is 1. The summed E-state index contributed by atoms with van der Waals surface area (Å²) >= 11 is 0. The first-order valence-corrected chi connectivity index (χ1v) is 7.58. The molecular formula is C19H18N2O3. The Morgan fingerprint density at radius 3 is 2.38 bits per heavy atom. The van der Waals surface area contributed by atoms with E-state index < -0.39 is 5.91 Å². The number of carbonyl (C=O) groups is 2. The average Bonchev–Trinajstić information content (AvgIpc) is 2.84. The summed E-state index contributed by atoms with van der Waals surface area (Å²) in [5.74, 6) is -0.0465. The molecule has 122 valence electrons. The highest BCUT2D eigenvalue weighted by molar-refractivity contribution is 6.31. The van der Waals surface area contributed by atoms with Crippen molar-refractivity contribution in [3.63, 3.8) is 0 Å². The first kappa shape index (κ1) is 15.8. The van der Waals surface area contributed by atoms with Crippen molar-refractivity contribution in [2.24, 2.45) is 0 Å². The average molecular weight is 322 g/mol. The predicted molar refractivity (Wildman–Crippen MR) is 92.5 cm³/mol. The second kappa shape index (κ2) is 6.20. The van der Waals surface area contributed by atoms with Crippen molar-refractivity contribution in [2.45, 2.75) is 13.8 Å². The Balaban J connectivity index is 1.92. The Kier molecular flexibility index (Phi) is 4.08. The molecule has 24 heavy (non-hydrogen) atoms. The molecule has 5 heteroatoms. The van der Waals surface area contributed by atoms with Gasteiger partial charge in [-0.15, -0.1) is 0 Å². The third-order valence-electron chi connectivity index (χ3n) is 3.91. The van der Waals surface area contributed by atoms with Crippen LogP contribution in [0.2, 0.25) is 0 Å². The van der Waals surface area contributed by atoms with Crippen LogP contribution in [0, 0.1) is 13.8 Å². The van der Waals surface area contributed by atoms with Gasteiger partial charge in [0.25, 0.3) is 11.8 Å². The maximum atomic E-state index is 12.6. The van der Waals surface area contributed by atoms with Gasteiger partial charge in [-0.25, -0.2) is 5.01 Å². The lowest BCUT2D eigenvalue weighted by atomic mass is 10.1. The van der Waals surface area contributed by atoms with Crippen LogP contribution in [0.4, 0.5) is 5.69 Å². The first-order valence-electron chi connectivity index (χ1n) is 7.58. The summed E-state index contributed by atoms with van der Waals surface area (Å²) in [6.07, 6.45) is 1.58. The minimum absolute atomic E-state index is 0.111. The van der Waals surface area contributed by atoms with Gasteiger partial charge in [-0.1, -0.05) is 29.8 Å². The number of aryl methyl sites for hydroxylation is 2. The van der Waals surface area contributed by atoms with E-state index in [1.54, 1.807) is 37.5 Å². The molecule has 1 fully saturated rings. The fourth-order valence-corrected chi connectivity index (χ4v) is 2.65. The molecule has 0 aromatic heterocycles. The van der Waals surface area contributed by atoms with Crippen LogP contribution in [0.1, 0.15) is 16.7 Å². The quantitative estimate of drug-likeness (QED) is 0.698. The summed E-state index contributed by atoms with van der Waals surface area (Å²) in [6, 6.07) is 12.9. The molecule has 1 saturated heterocycles. The molecule has 0 bridgehead atoms. The van der Waals surface area contributed by atoms with Crippen molar-refractivity contribution >= 4 is 23.6 Å². The van der Waals surface area contributed by atoms with E-state index in [2.05, 4.69) is 5.43 Å². The summed E-state index contributed by atoms with van der Waals surface area (Å²) < 4.78 is 5.10. The van der Waals surface area contributed by atoms with Gasteiger partial charge in [0.1, 0.15) is 11.3 Å². The molecule has 1 aliphatic heterocycles. The lowest BCUT2D eigenvalue weighted by molar-refractivity contribution is -0.117. The summed E-state index contributed by atoms with van der Waals surface area (Å²) in [5, 5.41) is 1.30. The standard InChI is InChI=1S/C19H18N2O3/c1-12-4-9-17(13(2)10-12)21-19(23)16(18(22)20-21)11-14-5-7-15(24-3)8-6-14/h4-11H,1-3H3,(H,20,22)/b16-11+. The molecule has 2 aromatic carbocycles. The number of nitrogens with zero attached hydrogens (tertiary/aromatic N) is 1. The van der Waals surface area contributed by atoms with E-state index in [0.717, 1.165) is 22.4 Å². The van der Waals surface area contributed by atoms with E-state index in [0.29, 0.717) is 5.69 Å². The lowest BCUT2D eigenvalue weighted by Crippen LogP contribution is -2.36. The number of hydrazine groups is 1. The van der Waals surface area contributed by atoms with Gasteiger partial charge in [-0.05, 0) is 49.2 Å². The molecule has 5 nitrogen and oxygen atoms in total. The van der Waals surface area contributed by atoms with Crippen LogP contribution in [0.25, 0.3) is 6.08 Å². The molecular weight excluding hydrogens is 304 g/mol. The summed E-state index contributed by atoms with van der Waals surface area (Å²) in [5.41, 5.74) is 6.20. The zero-order chi connectivity index (χ0) is 17.3. The number of hydrogen-bond acceptors (Lipinski definition) is 3. The fourth-order valence-electron chi connectivity index (χ4n) is 2.65. The van der Waals surface area contributed by atoms with Crippen molar-refractivity contribution in [2.75, 3.05) is 12.1 Å². The largest absolute Gasteiger partial charge is 0.497 e. The monoisotopic (exact) mass is 322 g/mol. The minimum Gasteiger partial charge on any atom is -0.497 e. The van der Waals surface area contributed by atoms with Crippen LogP contribution in [0.5, 0.6) is 5.75 Å². The maximum absolute atomic E-state index is 12.6. The van der Waals surface area contributed by atoms with Crippen LogP contribution >= 0.6 is 0 Å². The molecule has 0 unspecified atom stereocenters. The van der Waals surface area contributed by atoms with Crippen LogP contribution in [0.3, 0.4) is 0 Å². The first-order chi connectivity index (χ1) is 11.5. The zero-order valence-electron chi connectivity index (χ0n) is 13.8. The number of benzene rings is 2. The fraction of sp³-hybridized carbons (Fsp3) is 0.158. The second-order valence-electron chi connectivity index (χ2n) is 5.70. The molecule has 2 amide bonds. The van der Waals surface area contributed by atoms with Crippen molar-refractivity contribution in [1.82, 2.24) is 5.43 Å². The number of hydrogen-bond donors (Lipinski definition) is 1. The lowest BCUT2D eigenvalue weighted by Gasteiger charge is -2.17. The van der Waals surface area contributed by atoms with E-state index >= 15 is 0 Å². The Hall–Kier alpha value is -3.08. The van der Waals surface area contributed by atoms with E-state index in [1.165, 1.54) is 5.01 Å². The molecule has 0 atom stereocenters. The van der Waals surface area contributed by atoms with Gasteiger partial charge in [0, 0.05) is 0 Å². The number of carbonyl (C=O) groups excluding carboxylic acids is 2. The van der Waals surface area contributed by atoms with Crippen molar-refractivity contribution in [3.8, 4) is 5.75 Å². The molecule has 1 heterocycles. The third-order valence-corrected chi connectivity index (χ3v) is 3.91. The van der Waals surface area contributed by atoms with Gasteiger partial charge in [-0.3, -0.25) is 15.0 Å². The summed E-state index contributed by atoms with van der Waals surface area (Å²) in [7, 11) is 1.59. The van der Waals surface area contributed by atoms with Crippen molar-refractivity contribution in [1.29, 1.82) is 0 Å². The van der Waals surface area contributed by atoms with Crippen LogP contribution in [0.15, 0.2) is 48.0 Å². The van der Waals surface area contributed by atoms with Crippen molar-refractivity contribution in [3.05, 3.63) is 64.7 Å². The highest BCUT2D eigenvalue weighted by Crippen LogP contribution is 2.25. The van der Waals surface area contributed by atoms with E-state index in [9.17, 15) is 9.59 Å². The van der Waals surface area contributed by atoms with Gasteiger partial charge in [0.05, 0.1) is 12.8 Å². The van der Waals surface area contributed by atoms with Gasteiger partial charge in [-0.2, -0.15) is 0 Å². The molecule has 1 N–H and O–H groups in total. The number of rotatable bonds is 3.